The molecule has 0 aromatic carbocycles. The van der Waals surface area contributed by atoms with E-state index in [1.807, 2.05) is 0 Å². The molecule has 4 amide bonds. The number of rotatable bonds is 6. The van der Waals surface area contributed by atoms with Crippen molar-refractivity contribution in [1.82, 2.24) is 20.3 Å². The largest absolute Gasteiger partial charge is 0.444 e. The molecule has 0 radical (unpaired) electrons. The molecular weight excluding hydrogens is 448 g/mol. The maximum Gasteiger partial charge on any atom is 0.418 e. The summed E-state index contributed by atoms with van der Waals surface area (Å²) >= 11 is 0. The quantitative estimate of drug-likeness (QED) is 0.417. The molecule has 0 saturated carbocycles. The fourth-order valence-corrected chi connectivity index (χ4v) is 4.50. The SMILES string of the molecule is CC(C)(C)OC(=O)N1CCCC[C@H]1CONC(=O)C1CC[C@@H]2CN1C(=O)N2OS(=O)(=O)O. The van der Waals surface area contributed by atoms with Crippen LogP contribution in [0.1, 0.15) is 52.9 Å². The molecule has 0 spiro atoms. The normalized spacial score (nSPS) is 26.3. The zero-order valence-corrected chi connectivity index (χ0v) is 19.2. The average Bonchev–Trinajstić information content (AvgIpc) is 2.90. The van der Waals surface area contributed by atoms with Crippen molar-refractivity contribution in [2.75, 3.05) is 19.7 Å². The molecule has 3 fully saturated rings. The van der Waals surface area contributed by atoms with Crippen molar-refractivity contribution in [3.05, 3.63) is 0 Å². The van der Waals surface area contributed by atoms with Gasteiger partial charge in [0.2, 0.25) is 0 Å². The Labute approximate surface area is 186 Å². The molecule has 3 heterocycles. The van der Waals surface area contributed by atoms with Crippen LogP contribution < -0.4 is 5.48 Å². The lowest BCUT2D eigenvalue weighted by Gasteiger charge is -2.36. The lowest BCUT2D eigenvalue weighted by molar-refractivity contribution is -0.140. The first-order valence-electron chi connectivity index (χ1n) is 10.5. The summed E-state index contributed by atoms with van der Waals surface area (Å²) < 4.78 is 40.6. The van der Waals surface area contributed by atoms with Gasteiger partial charge in [0.1, 0.15) is 11.6 Å². The highest BCUT2D eigenvalue weighted by Gasteiger charge is 2.49. The minimum Gasteiger partial charge on any atom is -0.444 e. The topological polar surface area (TPSA) is 155 Å². The van der Waals surface area contributed by atoms with Crippen LogP contribution in [-0.4, -0.2) is 89.3 Å². The van der Waals surface area contributed by atoms with Gasteiger partial charge in [0.15, 0.2) is 0 Å². The Kier molecular flexibility index (Phi) is 7.17. The Hall–Kier alpha value is -2.16. The van der Waals surface area contributed by atoms with Crippen molar-refractivity contribution in [1.29, 1.82) is 0 Å². The van der Waals surface area contributed by atoms with Gasteiger partial charge in [-0.25, -0.2) is 15.1 Å². The van der Waals surface area contributed by atoms with E-state index in [1.165, 1.54) is 4.90 Å². The van der Waals surface area contributed by atoms with E-state index >= 15 is 0 Å². The molecule has 3 aliphatic rings. The number of amides is 4. The average molecular weight is 479 g/mol. The lowest BCUT2D eigenvalue weighted by Crippen LogP contribution is -2.52. The molecule has 0 aliphatic carbocycles. The van der Waals surface area contributed by atoms with Gasteiger partial charge in [-0.1, -0.05) is 0 Å². The third-order valence-electron chi connectivity index (χ3n) is 5.50. The summed E-state index contributed by atoms with van der Waals surface area (Å²) in [5.41, 5.74) is 1.71. The van der Waals surface area contributed by atoms with E-state index in [2.05, 4.69) is 9.76 Å². The van der Waals surface area contributed by atoms with Gasteiger partial charge in [-0.15, -0.1) is 4.28 Å². The molecule has 3 rings (SSSR count). The Morgan fingerprint density at radius 1 is 1.19 bits per heavy atom. The number of hydroxylamine groups is 3. The van der Waals surface area contributed by atoms with Crippen LogP contribution in [0.3, 0.4) is 0 Å². The van der Waals surface area contributed by atoms with Crippen molar-refractivity contribution in [3.63, 3.8) is 0 Å². The second kappa shape index (κ2) is 9.37. The predicted molar refractivity (Wildman–Crippen MR) is 108 cm³/mol. The molecule has 32 heavy (non-hydrogen) atoms. The Balaban J connectivity index is 1.52. The molecule has 0 aromatic heterocycles. The Bertz CT molecular complexity index is 844. The van der Waals surface area contributed by atoms with Crippen LogP contribution in [0.15, 0.2) is 0 Å². The van der Waals surface area contributed by atoms with E-state index in [0.717, 1.165) is 12.8 Å². The fourth-order valence-electron chi connectivity index (χ4n) is 4.12. The molecule has 3 aliphatic heterocycles. The summed E-state index contributed by atoms with van der Waals surface area (Å²) in [7, 11) is -4.86. The van der Waals surface area contributed by atoms with E-state index < -0.39 is 46.1 Å². The number of nitrogens with zero attached hydrogens (tertiary/aromatic N) is 3. The van der Waals surface area contributed by atoms with E-state index in [4.69, 9.17) is 14.1 Å². The van der Waals surface area contributed by atoms with Crippen LogP contribution in [0.4, 0.5) is 9.59 Å². The molecule has 0 aromatic rings. The van der Waals surface area contributed by atoms with E-state index in [1.54, 1.807) is 25.7 Å². The van der Waals surface area contributed by atoms with E-state index in [-0.39, 0.29) is 25.6 Å². The van der Waals surface area contributed by atoms with Gasteiger partial charge >= 0.3 is 22.5 Å². The molecular formula is C18H30N4O9S. The number of hydrogen-bond donors (Lipinski definition) is 2. The molecule has 182 valence electrons. The number of hydrogen-bond acceptors (Lipinski definition) is 8. The Morgan fingerprint density at radius 3 is 2.56 bits per heavy atom. The first-order valence-corrected chi connectivity index (χ1v) is 11.9. The first kappa shape index (κ1) is 24.5. The molecule has 3 atom stereocenters. The van der Waals surface area contributed by atoms with Crippen LogP contribution in [-0.2, 0) is 29.1 Å². The van der Waals surface area contributed by atoms with Crippen LogP contribution in [0.2, 0.25) is 0 Å². The van der Waals surface area contributed by atoms with Gasteiger partial charge in [0.05, 0.1) is 18.7 Å². The highest BCUT2D eigenvalue weighted by molar-refractivity contribution is 7.80. The molecule has 2 N–H and O–H groups in total. The molecule has 2 bridgehead atoms. The summed E-state index contributed by atoms with van der Waals surface area (Å²) in [5, 5.41) is 0.574. The highest BCUT2D eigenvalue weighted by atomic mass is 32.3. The maximum absolute atomic E-state index is 12.6. The third-order valence-corrected chi connectivity index (χ3v) is 5.85. The number of urea groups is 1. The standard InChI is InChI=1S/C18H30N4O9S/c1-18(2,3)30-17(25)20-9-5-4-6-13(20)11-29-19-15(23)14-8-7-12-10-21(14)16(24)22(12)31-32(26,27)28/h12-14H,4-11H2,1-3H3,(H,19,23)(H,26,27,28)/t12-,13+,14?/m1/s1. The van der Waals surface area contributed by atoms with Crippen molar-refractivity contribution < 1.29 is 41.2 Å². The van der Waals surface area contributed by atoms with Gasteiger partial charge in [0, 0.05) is 13.1 Å². The van der Waals surface area contributed by atoms with Crippen LogP contribution in [0.25, 0.3) is 0 Å². The Morgan fingerprint density at radius 2 is 1.91 bits per heavy atom. The summed E-state index contributed by atoms with van der Waals surface area (Å²) in [6.45, 7) is 6.05. The monoisotopic (exact) mass is 478 g/mol. The maximum atomic E-state index is 12.6. The summed E-state index contributed by atoms with van der Waals surface area (Å²) in [4.78, 5) is 45.6. The van der Waals surface area contributed by atoms with Gasteiger partial charge < -0.3 is 14.5 Å². The third kappa shape index (κ3) is 5.99. The number of piperidine rings is 2. The summed E-state index contributed by atoms with van der Waals surface area (Å²) in [6.07, 6.45) is 2.61. The van der Waals surface area contributed by atoms with Gasteiger partial charge in [0.25, 0.3) is 5.91 Å². The van der Waals surface area contributed by atoms with Gasteiger partial charge in [-0.2, -0.15) is 13.5 Å². The molecule has 14 heteroatoms. The minimum absolute atomic E-state index is 0.0618. The minimum atomic E-state index is -4.86. The van der Waals surface area contributed by atoms with Crippen LogP contribution in [0, 0.1) is 0 Å². The number of carbonyl (C=O) groups is 3. The zero-order valence-electron chi connectivity index (χ0n) is 18.4. The van der Waals surface area contributed by atoms with Crippen molar-refractivity contribution in [3.8, 4) is 0 Å². The second-order valence-corrected chi connectivity index (χ2v) is 10.1. The predicted octanol–water partition coefficient (Wildman–Crippen LogP) is 0.827. The van der Waals surface area contributed by atoms with Crippen molar-refractivity contribution >= 4 is 28.4 Å². The number of fused-ring (bicyclic) bond motifs is 2. The fraction of sp³-hybridized carbons (Fsp3) is 0.833. The number of carbonyl (C=O) groups excluding carboxylic acids is 3. The number of likely N-dealkylation sites (tertiary alicyclic amines) is 1. The molecule has 13 nitrogen and oxygen atoms in total. The number of ether oxygens (including phenoxy) is 1. The summed E-state index contributed by atoms with van der Waals surface area (Å²) in [6, 6.07) is -2.54. The molecule has 3 saturated heterocycles. The lowest BCUT2D eigenvalue weighted by atomic mass is 10.0. The highest BCUT2D eigenvalue weighted by Crippen LogP contribution is 2.30. The zero-order chi connectivity index (χ0) is 23.7. The van der Waals surface area contributed by atoms with Crippen molar-refractivity contribution in [2.24, 2.45) is 0 Å². The van der Waals surface area contributed by atoms with Crippen LogP contribution in [0.5, 0.6) is 0 Å². The van der Waals surface area contributed by atoms with E-state index in [0.29, 0.717) is 24.4 Å². The number of nitrogens with one attached hydrogen (secondary N) is 1. The first-order chi connectivity index (χ1) is 14.9. The second-order valence-electron chi connectivity index (χ2n) is 9.11. The van der Waals surface area contributed by atoms with Crippen LogP contribution >= 0.6 is 0 Å². The van der Waals surface area contributed by atoms with Crippen molar-refractivity contribution in [2.45, 2.75) is 76.6 Å². The van der Waals surface area contributed by atoms with Gasteiger partial charge in [-0.05, 0) is 52.9 Å². The summed E-state index contributed by atoms with van der Waals surface area (Å²) in [5.74, 6) is -0.565. The van der Waals surface area contributed by atoms with E-state index in [9.17, 15) is 22.8 Å². The van der Waals surface area contributed by atoms with Gasteiger partial charge in [-0.3, -0.25) is 14.2 Å². The smallest absolute Gasteiger partial charge is 0.418 e. The molecule has 1 unspecified atom stereocenters.